The Hall–Kier alpha value is -1.10. The Morgan fingerprint density at radius 1 is 1.60 bits per heavy atom. The molecule has 0 unspecified atom stereocenters. The van der Waals surface area contributed by atoms with E-state index < -0.39 is 0 Å². The SMILES string of the molecule is CNN1CCC(=O)NC1=O. The van der Waals surface area contributed by atoms with E-state index in [9.17, 15) is 9.59 Å². The molecule has 0 radical (unpaired) electrons. The molecule has 0 bridgehead atoms. The molecule has 2 N–H and O–H groups in total. The number of urea groups is 1. The third-order valence-electron chi connectivity index (χ3n) is 1.32. The van der Waals surface area contributed by atoms with Crippen molar-refractivity contribution in [2.45, 2.75) is 6.42 Å². The lowest BCUT2D eigenvalue weighted by atomic mass is 10.3. The summed E-state index contributed by atoms with van der Waals surface area (Å²) in [5, 5.41) is 3.51. The molecule has 0 saturated carbocycles. The summed E-state index contributed by atoms with van der Waals surface area (Å²) in [5.41, 5.74) is 2.64. The van der Waals surface area contributed by atoms with Crippen molar-refractivity contribution in [3.05, 3.63) is 0 Å². The molecule has 3 amide bonds. The van der Waals surface area contributed by atoms with E-state index in [1.54, 1.807) is 7.05 Å². The molecule has 1 aliphatic rings. The number of carbonyl (C=O) groups is 2. The fraction of sp³-hybridized carbons (Fsp3) is 0.600. The van der Waals surface area contributed by atoms with Crippen LogP contribution in [0.1, 0.15) is 6.42 Å². The van der Waals surface area contributed by atoms with Crippen molar-refractivity contribution >= 4 is 11.9 Å². The van der Waals surface area contributed by atoms with Crippen molar-refractivity contribution in [3.8, 4) is 0 Å². The molecule has 0 aromatic carbocycles. The monoisotopic (exact) mass is 143 g/mol. The molecular formula is C5H9N3O2. The summed E-state index contributed by atoms with van der Waals surface area (Å²) >= 11 is 0. The first kappa shape index (κ1) is 7.01. The highest BCUT2D eigenvalue weighted by Crippen LogP contribution is 1.94. The Bertz CT molecular complexity index is 168. The molecule has 1 aliphatic heterocycles. The van der Waals surface area contributed by atoms with Crippen molar-refractivity contribution in [2.75, 3.05) is 13.6 Å². The third-order valence-corrected chi connectivity index (χ3v) is 1.32. The maximum absolute atomic E-state index is 10.8. The lowest BCUT2D eigenvalue weighted by Crippen LogP contribution is -2.53. The lowest BCUT2D eigenvalue weighted by Gasteiger charge is -2.24. The molecule has 0 aromatic rings. The maximum atomic E-state index is 10.8. The molecule has 1 heterocycles. The number of nitrogens with zero attached hydrogens (tertiary/aromatic N) is 1. The summed E-state index contributed by atoms with van der Waals surface area (Å²) < 4.78 is 0. The Labute approximate surface area is 58.3 Å². The first-order valence-corrected chi connectivity index (χ1v) is 3.03. The van der Waals surface area contributed by atoms with Gasteiger partial charge in [-0.05, 0) is 0 Å². The Balaban J connectivity index is 2.51. The third kappa shape index (κ3) is 1.24. The first-order chi connectivity index (χ1) is 4.74. The predicted octanol–water partition coefficient (Wildman–Crippen LogP) is -0.937. The van der Waals surface area contributed by atoms with Crippen LogP contribution in [0.25, 0.3) is 0 Å². The molecule has 1 saturated heterocycles. The zero-order valence-corrected chi connectivity index (χ0v) is 5.68. The van der Waals surface area contributed by atoms with E-state index in [1.165, 1.54) is 5.01 Å². The van der Waals surface area contributed by atoms with Gasteiger partial charge >= 0.3 is 6.03 Å². The fourth-order valence-electron chi connectivity index (χ4n) is 0.777. The zero-order chi connectivity index (χ0) is 7.56. The van der Waals surface area contributed by atoms with Crippen LogP contribution in [0.15, 0.2) is 0 Å². The van der Waals surface area contributed by atoms with Gasteiger partial charge in [-0.3, -0.25) is 15.1 Å². The average Bonchev–Trinajstić information content (AvgIpc) is 1.88. The Morgan fingerprint density at radius 2 is 2.30 bits per heavy atom. The van der Waals surface area contributed by atoms with Gasteiger partial charge in [0.05, 0.1) is 0 Å². The van der Waals surface area contributed by atoms with E-state index in [4.69, 9.17) is 0 Å². The summed E-state index contributed by atoms with van der Waals surface area (Å²) in [6, 6.07) is -0.376. The van der Waals surface area contributed by atoms with Crippen molar-refractivity contribution < 1.29 is 9.59 Å². The highest BCUT2D eigenvalue weighted by molar-refractivity contribution is 5.96. The highest BCUT2D eigenvalue weighted by atomic mass is 16.2. The van der Waals surface area contributed by atoms with E-state index >= 15 is 0 Å². The molecule has 5 heteroatoms. The summed E-state index contributed by atoms with van der Waals surface area (Å²) in [7, 11) is 1.63. The molecule has 0 aromatic heterocycles. The standard InChI is InChI=1S/C5H9N3O2/c1-6-8-3-2-4(9)7-5(8)10/h6H,2-3H2,1H3,(H,7,9,10). The minimum atomic E-state index is -0.376. The minimum Gasteiger partial charge on any atom is -0.277 e. The van der Waals surface area contributed by atoms with Gasteiger partial charge in [0.15, 0.2) is 0 Å². The van der Waals surface area contributed by atoms with Crippen LogP contribution in [0.4, 0.5) is 4.79 Å². The number of hydrogen-bond acceptors (Lipinski definition) is 3. The predicted molar refractivity (Wildman–Crippen MR) is 33.9 cm³/mol. The first-order valence-electron chi connectivity index (χ1n) is 3.03. The summed E-state index contributed by atoms with van der Waals surface area (Å²) in [6.07, 6.45) is 0.368. The van der Waals surface area contributed by atoms with Crippen LogP contribution < -0.4 is 10.7 Å². The molecule has 5 nitrogen and oxygen atoms in total. The Kier molecular flexibility index (Phi) is 1.86. The number of rotatable bonds is 1. The van der Waals surface area contributed by atoms with Gasteiger partial charge in [0.2, 0.25) is 5.91 Å². The second-order valence-corrected chi connectivity index (χ2v) is 1.98. The van der Waals surface area contributed by atoms with Crippen LogP contribution in [0.3, 0.4) is 0 Å². The second kappa shape index (κ2) is 2.66. The van der Waals surface area contributed by atoms with Crippen LogP contribution >= 0.6 is 0 Å². The molecule has 0 spiro atoms. The quantitative estimate of drug-likeness (QED) is 0.498. The van der Waals surface area contributed by atoms with E-state index in [1.807, 2.05) is 0 Å². The average molecular weight is 143 g/mol. The largest absolute Gasteiger partial charge is 0.338 e. The van der Waals surface area contributed by atoms with Crippen molar-refractivity contribution in [1.82, 2.24) is 15.8 Å². The van der Waals surface area contributed by atoms with Crippen molar-refractivity contribution in [1.29, 1.82) is 0 Å². The molecule has 1 fully saturated rings. The van der Waals surface area contributed by atoms with Gasteiger partial charge in [-0.15, -0.1) is 0 Å². The van der Waals surface area contributed by atoms with Crippen LogP contribution in [-0.2, 0) is 4.79 Å². The maximum Gasteiger partial charge on any atom is 0.338 e. The van der Waals surface area contributed by atoms with Gasteiger partial charge in [-0.2, -0.15) is 0 Å². The van der Waals surface area contributed by atoms with Gasteiger partial charge in [-0.25, -0.2) is 10.2 Å². The number of imide groups is 1. The zero-order valence-electron chi connectivity index (χ0n) is 5.68. The number of hydrazine groups is 1. The number of nitrogens with one attached hydrogen (secondary N) is 2. The summed E-state index contributed by atoms with van der Waals surface area (Å²) in [5.74, 6) is -0.212. The van der Waals surface area contributed by atoms with Crippen LogP contribution in [-0.4, -0.2) is 30.5 Å². The van der Waals surface area contributed by atoms with E-state index in [0.29, 0.717) is 13.0 Å². The van der Waals surface area contributed by atoms with Crippen LogP contribution in [0, 0.1) is 0 Å². The van der Waals surface area contributed by atoms with E-state index in [2.05, 4.69) is 10.7 Å². The summed E-state index contributed by atoms with van der Waals surface area (Å²) in [4.78, 5) is 21.3. The van der Waals surface area contributed by atoms with Gasteiger partial charge in [-0.1, -0.05) is 0 Å². The lowest BCUT2D eigenvalue weighted by molar-refractivity contribution is -0.121. The fourth-order valence-corrected chi connectivity index (χ4v) is 0.777. The van der Waals surface area contributed by atoms with Gasteiger partial charge in [0, 0.05) is 20.0 Å². The topological polar surface area (TPSA) is 61.4 Å². The second-order valence-electron chi connectivity index (χ2n) is 1.98. The number of hydrogen-bond donors (Lipinski definition) is 2. The highest BCUT2D eigenvalue weighted by Gasteiger charge is 2.20. The molecule has 56 valence electrons. The Morgan fingerprint density at radius 3 is 2.80 bits per heavy atom. The van der Waals surface area contributed by atoms with Gasteiger partial charge in [0.1, 0.15) is 0 Å². The minimum absolute atomic E-state index is 0.212. The summed E-state index contributed by atoms with van der Waals surface area (Å²) in [6.45, 7) is 0.446. The molecule has 0 aliphatic carbocycles. The van der Waals surface area contributed by atoms with Crippen molar-refractivity contribution in [3.63, 3.8) is 0 Å². The molecular weight excluding hydrogens is 134 g/mol. The van der Waals surface area contributed by atoms with Gasteiger partial charge in [0.25, 0.3) is 0 Å². The van der Waals surface area contributed by atoms with Crippen LogP contribution in [0.5, 0.6) is 0 Å². The van der Waals surface area contributed by atoms with Crippen molar-refractivity contribution in [2.24, 2.45) is 0 Å². The molecule has 1 rings (SSSR count). The van der Waals surface area contributed by atoms with E-state index in [-0.39, 0.29) is 11.9 Å². The van der Waals surface area contributed by atoms with E-state index in [0.717, 1.165) is 0 Å². The normalized spacial score (nSPS) is 19.1. The number of carbonyl (C=O) groups excluding carboxylic acids is 2. The smallest absolute Gasteiger partial charge is 0.277 e. The van der Waals surface area contributed by atoms with Crippen LogP contribution in [0.2, 0.25) is 0 Å². The molecule has 0 atom stereocenters. The molecule has 10 heavy (non-hydrogen) atoms. The number of amides is 3. The van der Waals surface area contributed by atoms with Gasteiger partial charge < -0.3 is 0 Å².